The monoisotopic (exact) mass is 324 g/mol. The zero-order valence-corrected chi connectivity index (χ0v) is 12.3. The van der Waals surface area contributed by atoms with Gasteiger partial charge in [-0.1, -0.05) is 28.8 Å². The van der Waals surface area contributed by atoms with Crippen molar-refractivity contribution in [2.45, 2.75) is 32.2 Å². The lowest BCUT2D eigenvalue weighted by molar-refractivity contribution is 0.282. The minimum atomic E-state index is 0.00783. The zero-order chi connectivity index (χ0) is 13.7. The van der Waals surface area contributed by atoms with Gasteiger partial charge < -0.3 is 5.11 Å². The minimum absolute atomic E-state index is 0.00783. The third-order valence-corrected chi connectivity index (χ3v) is 3.59. The van der Waals surface area contributed by atoms with Crippen molar-refractivity contribution in [3.8, 4) is 0 Å². The van der Waals surface area contributed by atoms with Crippen LogP contribution < -0.4 is 5.56 Å². The Labute approximate surface area is 120 Å². The standard InChI is InChI=1S/C14H17BrN2O2/c15-11-5-6-13-12(9-11)14(19)17(10-16-13)7-3-1-2-4-8-18/h5-6,9-10,18H,1-4,7-8H2. The molecule has 5 heteroatoms. The molecule has 0 amide bonds. The molecule has 0 aliphatic heterocycles. The minimum Gasteiger partial charge on any atom is -0.396 e. The number of fused-ring (bicyclic) bond motifs is 1. The van der Waals surface area contributed by atoms with Crippen LogP contribution in [0.3, 0.4) is 0 Å². The Hall–Kier alpha value is -1.20. The topological polar surface area (TPSA) is 55.1 Å². The molecule has 19 heavy (non-hydrogen) atoms. The maximum absolute atomic E-state index is 12.3. The van der Waals surface area contributed by atoms with Gasteiger partial charge in [-0.25, -0.2) is 4.98 Å². The van der Waals surface area contributed by atoms with Crippen LogP contribution in [0.15, 0.2) is 33.8 Å². The molecule has 0 atom stereocenters. The van der Waals surface area contributed by atoms with E-state index in [2.05, 4.69) is 20.9 Å². The van der Waals surface area contributed by atoms with E-state index < -0.39 is 0 Å². The maximum Gasteiger partial charge on any atom is 0.261 e. The SMILES string of the molecule is O=c1c2cc(Br)ccc2ncn1CCCCCCO. The zero-order valence-electron chi connectivity index (χ0n) is 10.7. The fourth-order valence-electron chi connectivity index (χ4n) is 2.04. The number of aromatic nitrogens is 2. The van der Waals surface area contributed by atoms with E-state index >= 15 is 0 Å². The average molecular weight is 325 g/mol. The van der Waals surface area contributed by atoms with E-state index in [4.69, 9.17) is 5.11 Å². The van der Waals surface area contributed by atoms with Crippen LogP contribution in [0.1, 0.15) is 25.7 Å². The summed E-state index contributed by atoms with van der Waals surface area (Å²) in [5.41, 5.74) is 0.734. The second-order valence-electron chi connectivity index (χ2n) is 4.54. The summed E-state index contributed by atoms with van der Waals surface area (Å²) >= 11 is 3.37. The van der Waals surface area contributed by atoms with Gasteiger partial charge >= 0.3 is 0 Å². The van der Waals surface area contributed by atoms with Crippen LogP contribution in [-0.2, 0) is 6.54 Å². The first-order valence-corrected chi connectivity index (χ1v) is 7.27. The van der Waals surface area contributed by atoms with E-state index in [1.54, 1.807) is 10.9 Å². The van der Waals surface area contributed by atoms with E-state index in [-0.39, 0.29) is 12.2 Å². The molecule has 0 aliphatic rings. The fourth-order valence-corrected chi connectivity index (χ4v) is 2.40. The van der Waals surface area contributed by atoms with Crippen LogP contribution in [0.4, 0.5) is 0 Å². The first-order valence-electron chi connectivity index (χ1n) is 6.48. The van der Waals surface area contributed by atoms with Crippen LogP contribution in [0.5, 0.6) is 0 Å². The highest BCUT2D eigenvalue weighted by Gasteiger charge is 2.04. The van der Waals surface area contributed by atoms with Crippen LogP contribution >= 0.6 is 15.9 Å². The van der Waals surface area contributed by atoms with E-state index in [0.29, 0.717) is 11.9 Å². The van der Waals surface area contributed by atoms with E-state index in [9.17, 15) is 4.79 Å². The summed E-state index contributed by atoms with van der Waals surface area (Å²) in [6.07, 6.45) is 5.39. The summed E-state index contributed by atoms with van der Waals surface area (Å²) in [7, 11) is 0. The molecule has 2 rings (SSSR count). The van der Waals surface area contributed by atoms with Crippen molar-refractivity contribution in [3.63, 3.8) is 0 Å². The van der Waals surface area contributed by atoms with Gasteiger partial charge in [0.1, 0.15) is 0 Å². The molecule has 0 fully saturated rings. The highest BCUT2D eigenvalue weighted by molar-refractivity contribution is 9.10. The second kappa shape index (κ2) is 6.82. The predicted molar refractivity (Wildman–Crippen MR) is 79.3 cm³/mol. The molecule has 2 aromatic rings. The normalized spacial score (nSPS) is 11.1. The summed E-state index contributed by atoms with van der Waals surface area (Å²) in [6, 6.07) is 5.54. The largest absolute Gasteiger partial charge is 0.396 e. The highest BCUT2D eigenvalue weighted by Crippen LogP contribution is 2.14. The molecule has 1 aromatic carbocycles. The molecule has 0 unspecified atom stereocenters. The third kappa shape index (κ3) is 3.64. The van der Waals surface area contributed by atoms with Gasteiger partial charge in [-0.15, -0.1) is 0 Å². The smallest absolute Gasteiger partial charge is 0.261 e. The Kier molecular flexibility index (Phi) is 5.10. The molecule has 1 N–H and O–H groups in total. The van der Waals surface area contributed by atoms with Gasteiger partial charge in [0, 0.05) is 17.6 Å². The van der Waals surface area contributed by atoms with Crippen LogP contribution in [0.2, 0.25) is 0 Å². The van der Waals surface area contributed by atoms with Gasteiger partial charge in [0.15, 0.2) is 0 Å². The summed E-state index contributed by atoms with van der Waals surface area (Å²) in [5, 5.41) is 9.35. The Bertz CT molecular complexity index is 610. The number of rotatable bonds is 6. The lowest BCUT2D eigenvalue weighted by Crippen LogP contribution is -2.20. The summed E-state index contributed by atoms with van der Waals surface area (Å²) in [5.74, 6) is 0. The predicted octanol–water partition coefficient (Wildman–Crippen LogP) is 2.71. The molecule has 0 saturated heterocycles. The molecule has 102 valence electrons. The number of nitrogens with zero attached hydrogens (tertiary/aromatic N) is 2. The number of unbranched alkanes of at least 4 members (excludes halogenated alkanes) is 3. The second-order valence-corrected chi connectivity index (χ2v) is 5.46. The number of hydrogen-bond donors (Lipinski definition) is 1. The van der Waals surface area contributed by atoms with Gasteiger partial charge in [-0.2, -0.15) is 0 Å². The summed E-state index contributed by atoms with van der Waals surface area (Å²) < 4.78 is 2.55. The van der Waals surface area contributed by atoms with Crippen LogP contribution in [0, 0.1) is 0 Å². The number of aryl methyl sites for hydroxylation is 1. The van der Waals surface area contributed by atoms with Crippen LogP contribution in [-0.4, -0.2) is 21.3 Å². The van der Waals surface area contributed by atoms with E-state index in [0.717, 1.165) is 35.7 Å². The lowest BCUT2D eigenvalue weighted by atomic mass is 10.2. The molecular formula is C14H17BrN2O2. The average Bonchev–Trinajstić information content (AvgIpc) is 2.41. The quantitative estimate of drug-likeness (QED) is 0.831. The molecule has 0 spiro atoms. The molecule has 0 aliphatic carbocycles. The van der Waals surface area contributed by atoms with Crippen molar-refractivity contribution < 1.29 is 5.11 Å². The van der Waals surface area contributed by atoms with Crippen molar-refractivity contribution in [1.82, 2.24) is 9.55 Å². The number of benzene rings is 1. The third-order valence-electron chi connectivity index (χ3n) is 3.09. The van der Waals surface area contributed by atoms with Gasteiger partial charge in [-0.05, 0) is 31.0 Å². The highest BCUT2D eigenvalue weighted by atomic mass is 79.9. The first kappa shape index (κ1) is 14.2. The Morgan fingerprint density at radius 2 is 2.00 bits per heavy atom. The van der Waals surface area contributed by atoms with Crippen molar-refractivity contribution in [3.05, 3.63) is 39.4 Å². The molecule has 4 nitrogen and oxygen atoms in total. The number of aliphatic hydroxyl groups excluding tert-OH is 1. The van der Waals surface area contributed by atoms with Gasteiger partial charge in [0.25, 0.3) is 5.56 Å². The Morgan fingerprint density at radius 3 is 2.79 bits per heavy atom. The van der Waals surface area contributed by atoms with Crippen molar-refractivity contribution in [2.75, 3.05) is 6.61 Å². The van der Waals surface area contributed by atoms with Crippen molar-refractivity contribution in [2.24, 2.45) is 0 Å². The van der Waals surface area contributed by atoms with Crippen molar-refractivity contribution >= 4 is 26.8 Å². The Morgan fingerprint density at radius 1 is 1.21 bits per heavy atom. The maximum atomic E-state index is 12.3. The fraction of sp³-hybridized carbons (Fsp3) is 0.429. The number of aliphatic hydroxyl groups is 1. The lowest BCUT2D eigenvalue weighted by Gasteiger charge is -2.06. The molecule has 0 saturated carbocycles. The van der Waals surface area contributed by atoms with Gasteiger partial charge in [0.2, 0.25) is 0 Å². The molecule has 0 bridgehead atoms. The van der Waals surface area contributed by atoms with E-state index in [1.807, 2.05) is 18.2 Å². The van der Waals surface area contributed by atoms with Gasteiger partial charge in [-0.3, -0.25) is 9.36 Å². The first-order chi connectivity index (χ1) is 9.22. The molecule has 1 heterocycles. The molecular weight excluding hydrogens is 308 g/mol. The van der Waals surface area contributed by atoms with E-state index in [1.165, 1.54) is 0 Å². The molecule has 1 aromatic heterocycles. The van der Waals surface area contributed by atoms with Crippen LogP contribution in [0.25, 0.3) is 10.9 Å². The van der Waals surface area contributed by atoms with Gasteiger partial charge in [0.05, 0.1) is 17.2 Å². The summed E-state index contributed by atoms with van der Waals surface area (Å²) in [6.45, 7) is 0.922. The molecule has 0 radical (unpaired) electrons. The van der Waals surface area contributed by atoms with Crippen molar-refractivity contribution in [1.29, 1.82) is 0 Å². The summed E-state index contributed by atoms with van der Waals surface area (Å²) in [4.78, 5) is 16.6. The number of halogens is 1. The number of hydrogen-bond acceptors (Lipinski definition) is 3. The Balaban J connectivity index is 2.11.